The number of fused-ring (bicyclic) bond motifs is 1. The van der Waals surface area contributed by atoms with Gasteiger partial charge in [0.25, 0.3) is 0 Å². The highest BCUT2D eigenvalue weighted by Gasteiger charge is 2.13. The molecule has 2 heterocycles. The molecule has 2 aromatic heterocycles. The van der Waals surface area contributed by atoms with E-state index in [1.54, 1.807) is 17.5 Å². The minimum absolute atomic E-state index is 0.480. The zero-order valence-electron chi connectivity index (χ0n) is 11.4. The van der Waals surface area contributed by atoms with Crippen LogP contribution in [0.3, 0.4) is 0 Å². The van der Waals surface area contributed by atoms with E-state index in [-0.39, 0.29) is 0 Å². The normalized spacial score (nSPS) is 12.7. The van der Waals surface area contributed by atoms with Crippen molar-refractivity contribution in [1.29, 1.82) is 0 Å². The first-order chi connectivity index (χ1) is 9.78. The van der Waals surface area contributed by atoms with Crippen LogP contribution in [0, 0.1) is 0 Å². The average Bonchev–Trinajstić information content (AvgIpc) is 2.94. The molecule has 0 radical (unpaired) electrons. The third-order valence-electron chi connectivity index (χ3n) is 3.50. The molecule has 3 aromatic rings. The zero-order valence-corrected chi connectivity index (χ0v) is 12.2. The maximum absolute atomic E-state index is 10.5. The number of hydrogen-bond acceptors (Lipinski definition) is 3. The van der Waals surface area contributed by atoms with Gasteiger partial charge in [0, 0.05) is 27.8 Å². The molecule has 1 N–H and O–H groups in total. The number of hydrogen-bond donors (Lipinski definition) is 1. The summed E-state index contributed by atoms with van der Waals surface area (Å²) in [5.74, 6) is 0. The summed E-state index contributed by atoms with van der Waals surface area (Å²) in [5, 5.41) is 11.6. The Hall–Kier alpha value is -1.71. The number of aliphatic hydroxyl groups is 1. The van der Waals surface area contributed by atoms with E-state index in [4.69, 9.17) is 0 Å². The fourth-order valence-corrected chi connectivity index (χ4v) is 3.43. The van der Waals surface area contributed by atoms with Crippen LogP contribution >= 0.6 is 11.3 Å². The van der Waals surface area contributed by atoms with Gasteiger partial charge in [0.15, 0.2) is 0 Å². The predicted molar refractivity (Wildman–Crippen MR) is 84.1 cm³/mol. The summed E-state index contributed by atoms with van der Waals surface area (Å²) in [6, 6.07) is 14.1. The summed E-state index contributed by atoms with van der Waals surface area (Å²) in [6.07, 6.45) is 3.02. The zero-order chi connectivity index (χ0) is 13.9. The fraction of sp³-hybridized carbons (Fsp3) is 0.235. The van der Waals surface area contributed by atoms with Gasteiger partial charge in [-0.1, -0.05) is 25.1 Å². The number of nitrogens with zero attached hydrogens (tertiary/aromatic N) is 1. The lowest BCUT2D eigenvalue weighted by molar-refractivity contribution is 0.181. The molecule has 102 valence electrons. The molecule has 0 saturated heterocycles. The van der Waals surface area contributed by atoms with Crippen molar-refractivity contribution in [2.24, 2.45) is 0 Å². The molecule has 0 aliphatic heterocycles. The van der Waals surface area contributed by atoms with E-state index in [1.807, 2.05) is 30.3 Å². The average molecular weight is 283 g/mol. The summed E-state index contributed by atoms with van der Waals surface area (Å²) >= 11 is 1.79. The van der Waals surface area contributed by atoms with E-state index in [1.165, 1.54) is 9.75 Å². The van der Waals surface area contributed by atoms with E-state index in [2.05, 4.69) is 24.0 Å². The van der Waals surface area contributed by atoms with Crippen LogP contribution in [0.4, 0.5) is 0 Å². The van der Waals surface area contributed by atoms with E-state index >= 15 is 0 Å². The molecule has 1 atom stereocenters. The van der Waals surface area contributed by atoms with E-state index in [0.717, 1.165) is 22.9 Å². The standard InChI is InChI=1S/C17H17NOS/c1-2-12-8-9-13(20-12)11-17(19)15-5-3-7-16-14(15)6-4-10-18-16/h3-10,17,19H,2,11H2,1H3. The van der Waals surface area contributed by atoms with Crippen molar-refractivity contribution in [3.05, 3.63) is 64.0 Å². The first kappa shape index (κ1) is 13.3. The lowest BCUT2D eigenvalue weighted by Gasteiger charge is -2.12. The van der Waals surface area contributed by atoms with E-state index < -0.39 is 6.10 Å². The molecule has 0 fully saturated rings. The minimum Gasteiger partial charge on any atom is -0.388 e. The molecule has 0 aliphatic rings. The van der Waals surface area contributed by atoms with Crippen molar-refractivity contribution >= 4 is 22.2 Å². The van der Waals surface area contributed by atoms with Crippen molar-refractivity contribution in [2.75, 3.05) is 0 Å². The lowest BCUT2D eigenvalue weighted by Crippen LogP contribution is -2.01. The van der Waals surface area contributed by atoms with Crippen LogP contribution in [0.25, 0.3) is 10.9 Å². The summed E-state index contributed by atoms with van der Waals surface area (Å²) in [6.45, 7) is 2.16. The minimum atomic E-state index is -0.480. The monoisotopic (exact) mass is 283 g/mol. The molecule has 3 rings (SSSR count). The summed E-state index contributed by atoms with van der Waals surface area (Å²) in [5.41, 5.74) is 1.89. The molecule has 0 saturated carbocycles. The van der Waals surface area contributed by atoms with Gasteiger partial charge in [0.1, 0.15) is 0 Å². The number of rotatable bonds is 4. The molecule has 2 nitrogen and oxygen atoms in total. The summed E-state index contributed by atoms with van der Waals surface area (Å²) in [4.78, 5) is 6.94. The summed E-state index contributed by atoms with van der Waals surface area (Å²) < 4.78 is 0. The third kappa shape index (κ3) is 2.60. The summed E-state index contributed by atoms with van der Waals surface area (Å²) in [7, 11) is 0. The Kier molecular flexibility index (Phi) is 3.81. The quantitative estimate of drug-likeness (QED) is 0.781. The molecule has 3 heteroatoms. The van der Waals surface area contributed by atoms with Crippen LogP contribution in [-0.2, 0) is 12.8 Å². The van der Waals surface area contributed by atoms with Gasteiger partial charge in [-0.3, -0.25) is 4.98 Å². The SMILES string of the molecule is CCc1ccc(CC(O)c2cccc3ncccc23)s1. The molecular weight excluding hydrogens is 266 g/mol. The van der Waals surface area contributed by atoms with Crippen molar-refractivity contribution in [3.8, 4) is 0 Å². The van der Waals surface area contributed by atoms with Gasteiger partial charge in [0.2, 0.25) is 0 Å². The number of thiophene rings is 1. The second kappa shape index (κ2) is 5.73. The Bertz CT molecular complexity index is 714. The smallest absolute Gasteiger partial charge is 0.0844 e. The number of aromatic nitrogens is 1. The largest absolute Gasteiger partial charge is 0.388 e. The predicted octanol–water partition coefficient (Wildman–Crippen LogP) is 4.13. The molecule has 0 aliphatic carbocycles. The Morgan fingerprint density at radius 3 is 2.75 bits per heavy atom. The first-order valence-electron chi connectivity index (χ1n) is 6.87. The van der Waals surface area contributed by atoms with Crippen LogP contribution in [0.15, 0.2) is 48.7 Å². The number of aryl methyl sites for hydroxylation is 1. The van der Waals surface area contributed by atoms with Gasteiger partial charge in [-0.2, -0.15) is 0 Å². The van der Waals surface area contributed by atoms with Crippen LogP contribution in [0.1, 0.15) is 28.3 Å². The molecule has 0 bridgehead atoms. The van der Waals surface area contributed by atoms with Crippen LogP contribution in [-0.4, -0.2) is 10.1 Å². The van der Waals surface area contributed by atoms with Gasteiger partial charge in [-0.15, -0.1) is 11.3 Å². The van der Waals surface area contributed by atoms with E-state index in [0.29, 0.717) is 6.42 Å². The Morgan fingerprint density at radius 2 is 1.95 bits per heavy atom. The van der Waals surface area contributed by atoms with Crippen LogP contribution < -0.4 is 0 Å². The Morgan fingerprint density at radius 1 is 1.10 bits per heavy atom. The molecule has 0 amide bonds. The second-order valence-corrected chi connectivity index (χ2v) is 6.11. The van der Waals surface area contributed by atoms with Gasteiger partial charge in [-0.25, -0.2) is 0 Å². The second-order valence-electron chi connectivity index (χ2n) is 4.86. The lowest BCUT2D eigenvalue weighted by atomic mass is 10.0. The number of benzene rings is 1. The Labute approximate surface area is 122 Å². The first-order valence-corrected chi connectivity index (χ1v) is 7.69. The van der Waals surface area contributed by atoms with Gasteiger partial charge < -0.3 is 5.11 Å². The highest BCUT2D eigenvalue weighted by Crippen LogP contribution is 2.28. The maximum atomic E-state index is 10.5. The van der Waals surface area contributed by atoms with Crippen molar-refractivity contribution in [3.63, 3.8) is 0 Å². The van der Waals surface area contributed by atoms with Crippen molar-refractivity contribution in [2.45, 2.75) is 25.9 Å². The Balaban J connectivity index is 1.90. The highest BCUT2D eigenvalue weighted by atomic mass is 32.1. The maximum Gasteiger partial charge on any atom is 0.0844 e. The van der Waals surface area contributed by atoms with Gasteiger partial charge >= 0.3 is 0 Å². The molecule has 1 unspecified atom stereocenters. The molecule has 20 heavy (non-hydrogen) atoms. The topological polar surface area (TPSA) is 33.1 Å². The fourth-order valence-electron chi connectivity index (χ4n) is 2.44. The van der Waals surface area contributed by atoms with Crippen molar-refractivity contribution < 1.29 is 5.11 Å². The number of pyridine rings is 1. The van der Waals surface area contributed by atoms with Crippen LogP contribution in [0.5, 0.6) is 0 Å². The molecular formula is C17H17NOS. The van der Waals surface area contributed by atoms with Gasteiger partial charge in [0.05, 0.1) is 11.6 Å². The highest BCUT2D eigenvalue weighted by molar-refractivity contribution is 7.11. The van der Waals surface area contributed by atoms with Gasteiger partial charge in [-0.05, 0) is 36.2 Å². The van der Waals surface area contributed by atoms with Crippen LogP contribution in [0.2, 0.25) is 0 Å². The number of aliphatic hydroxyl groups excluding tert-OH is 1. The van der Waals surface area contributed by atoms with Crippen molar-refractivity contribution in [1.82, 2.24) is 4.98 Å². The molecule has 0 spiro atoms. The molecule has 1 aromatic carbocycles. The van der Waals surface area contributed by atoms with E-state index in [9.17, 15) is 5.11 Å². The third-order valence-corrected chi connectivity index (χ3v) is 4.75.